The van der Waals surface area contributed by atoms with Crippen molar-refractivity contribution in [3.05, 3.63) is 64.0 Å². The molecule has 2 aromatic carbocycles. The number of carbonyl (C=O) groups excluding carboxylic acids is 1. The summed E-state index contributed by atoms with van der Waals surface area (Å²) in [6.07, 6.45) is 0. The minimum atomic E-state index is -0.252. The van der Waals surface area contributed by atoms with Gasteiger partial charge in [-0.15, -0.1) is 10.2 Å². The molecule has 0 radical (unpaired) electrons. The fourth-order valence-electron chi connectivity index (χ4n) is 2.59. The summed E-state index contributed by atoms with van der Waals surface area (Å²) in [6.45, 7) is 3.84. The summed E-state index contributed by atoms with van der Waals surface area (Å²) in [7, 11) is 1.59. The molecule has 2 aromatic rings. The maximum Gasteiger partial charge on any atom is 0.243 e. The van der Waals surface area contributed by atoms with Crippen LogP contribution in [0.1, 0.15) is 11.1 Å². The van der Waals surface area contributed by atoms with Gasteiger partial charge in [0.05, 0.1) is 6.54 Å². The van der Waals surface area contributed by atoms with Gasteiger partial charge in [0, 0.05) is 18.0 Å². The van der Waals surface area contributed by atoms with Crippen molar-refractivity contribution in [1.29, 1.82) is 0 Å². The van der Waals surface area contributed by atoms with Crippen molar-refractivity contribution in [3.63, 3.8) is 0 Å². The highest BCUT2D eigenvalue weighted by molar-refractivity contribution is 5.93. The molecule has 1 N–H and O–H groups in total. The van der Waals surface area contributed by atoms with Gasteiger partial charge in [0.25, 0.3) is 0 Å². The Kier molecular flexibility index (Phi) is 5.25. The van der Waals surface area contributed by atoms with Crippen molar-refractivity contribution in [2.45, 2.75) is 13.8 Å². The molecule has 138 valence electrons. The minimum absolute atomic E-state index is 0.0478. The molecule has 1 aliphatic heterocycles. The standard InChI is InChI=1S/C19H20N6O2/c1-12-4-5-13(2)16(10-12)20-17(26)11-25(3)19(27)15-8-6-14(7-9-15)18-21-23-24-22-18/h4-10,27H,11H2,1-3H3,(H,20,26)/p-1. The monoisotopic (exact) mass is 363 g/mol. The second kappa shape index (κ2) is 7.77. The summed E-state index contributed by atoms with van der Waals surface area (Å²) in [5.41, 5.74) is 2.78. The largest absolute Gasteiger partial charge is 0.860 e. The third-order valence-electron chi connectivity index (χ3n) is 4.10. The Hall–Kier alpha value is -3.55. The molecule has 1 heterocycles. The third kappa shape index (κ3) is 4.35. The van der Waals surface area contributed by atoms with Gasteiger partial charge in [0.2, 0.25) is 11.7 Å². The van der Waals surface area contributed by atoms with Crippen LogP contribution in [0.5, 0.6) is 0 Å². The SMILES string of the molecule is Cc1ccc(C)c(NC(=O)CN(C)C([O-])=c2ccc(=C3N=NN=N3)cc2)c1. The van der Waals surface area contributed by atoms with Crippen LogP contribution in [0.25, 0.3) is 11.7 Å². The Labute approximate surface area is 156 Å². The average molecular weight is 363 g/mol. The molecule has 8 nitrogen and oxygen atoms in total. The van der Waals surface area contributed by atoms with Gasteiger partial charge in [0.15, 0.2) is 0 Å². The van der Waals surface area contributed by atoms with E-state index in [2.05, 4.69) is 26.0 Å². The number of amides is 1. The van der Waals surface area contributed by atoms with E-state index in [0.29, 0.717) is 16.3 Å². The Morgan fingerprint density at radius 3 is 2.41 bits per heavy atom. The number of hydrogen-bond acceptors (Lipinski definition) is 7. The lowest BCUT2D eigenvalue weighted by atomic mass is 10.1. The number of anilines is 1. The molecular formula is C19H19N6O2-. The molecule has 27 heavy (non-hydrogen) atoms. The molecule has 0 saturated carbocycles. The van der Waals surface area contributed by atoms with Crippen molar-refractivity contribution in [3.8, 4) is 0 Å². The third-order valence-corrected chi connectivity index (χ3v) is 4.10. The second-order valence-corrected chi connectivity index (χ2v) is 6.31. The van der Waals surface area contributed by atoms with Gasteiger partial charge in [-0.2, -0.15) is 0 Å². The first-order valence-electron chi connectivity index (χ1n) is 8.36. The first-order valence-corrected chi connectivity index (χ1v) is 8.36. The Bertz CT molecular complexity index is 1020. The highest BCUT2D eigenvalue weighted by Crippen LogP contribution is 2.16. The topological polar surface area (TPSA) is 105 Å². The molecule has 0 atom stereocenters. The predicted octanol–water partition coefficient (Wildman–Crippen LogP) is 1.20. The van der Waals surface area contributed by atoms with E-state index in [4.69, 9.17) is 0 Å². The van der Waals surface area contributed by atoms with Crippen LogP contribution < -0.4 is 20.9 Å². The maximum atomic E-state index is 12.5. The van der Waals surface area contributed by atoms with Crippen molar-refractivity contribution in [2.75, 3.05) is 18.9 Å². The van der Waals surface area contributed by atoms with Gasteiger partial charge in [-0.1, -0.05) is 36.4 Å². The highest BCUT2D eigenvalue weighted by Gasteiger charge is 2.08. The Morgan fingerprint density at radius 2 is 1.74 bits per heavy atom. The van der Waals surface area contributed by atoms with E-state index in [-0.39, 0.29) is 18.3 Å². The van der Waals surface area contributed by atoms with Crippen molar-refractivity contribution in [1.82, 2.24) is 4.90 Å². The number of rotatable bonds is 4. The van der Waals surface area contributed by atoms with Crippen LogP contribution >= 0.6 is 0 Å². The average Bonchev–Trinajstić information content (AvgIpc) is 3.19. The summed E-state index contributed by atoms with van der Waals surface area (Å²) >= 11 is 0. The molecule has 0 bridgehead atoms. The van der Waals surface area contributed by atoms with Crippen LogP contribution in [0, 0.1) is 13.8 Å². The summed E-state index contributed by atoms with van der Waals surface area (Å²) in [5, 5.41) is 31.0. The van der Waals surface area contributed by atoms with Crippen LogP contribution in [0.15, 0.2) is 63.1 Å². The Balaban J connectivity index is 1.74. The number of aryl methyl sites for hydroxylation is 2. The molecule has 0 unspecified atom stereocenters. The Morgan fingerprint density at radius 1 is 1.07 bits per heavy atom. The number of benzene rings is 2. The van der Waals surface area contributed by atoms with Crippen LogP contribution in [0.3, 0.4) is 0 Å². The van der Waals surface area contributed by atoms with Crippen molar-refractivity contribution < 1.29 is 9.90 Å². The molecular weight excluding hydrogens is 344 g/mol. The molecule has 1 amide bonds. The highest BCUT2D eigenvalue weighted by atomic mass is 16.3. The summed E-state index contributed by atoms with van der Waals surface area (Å²) in [5.74, 6) is -0.105. The predicted molar refractivity (Wildman–Crippen MR) is 99.4 cm³/mol. The molecule has 3 rings (SSSR count). The molecule has 0 aromatic heterocycles. The number of likely N-dealkylation sites (N-methyl/N-ethyl adjacent to an activating group) is 1. The normalized spacial score (nSPS) is 12.3. The van der Waals surface area contributed by atoms with Gasteiger partial charge in [-0.25, -0.2) is 0 Å². The number of carbonyl (C=O) groups is 1. The molecule has 0 saturated heterocycles. The fraction of sp³-hybridized carbons (Fsp3) is 0.211. The molecule has 8 heteroatoms. The van der Waals surface area contributed by atoms with Gasteiger partial charge >= 0.3 is 0 Å². The fourth-order valence-corrected chi connectivity index (χ4v) is 2.59. The van der Waals surface area contributed by atoms with Gasteiger partial charge in [-0.05, 0) is 52.6 Å². The maximum absolute atomic E-state index is 12.5. The van der Waals surface area contributed by atoms with Crippen LogP contribution in [0.2, 0.25) is 0 Å². The van der Waals surface area contributed by atoms with Crippen LogP contribution in [-0.4, -0.2) is 24.4 Å². The van der Waals surface area contributed by atoms with Gasteiger partial charge in [0.1, 0.15) is 0 Å². The summed E-state index contributed by atoms with van der Waals surface area (Å²) in [4.78, 5) is 13.7. The van der Waals surface area contributed by atoms with Crippen LogP contribution in [-0.2, 0) is 4.79 Å². The van der Waals surface area contributed by atoms with E-state index in [0.717, 1.165) is 16.8 Å². The lowest BCUT2D eigenvalue weighted by Gasteiger charge is -2.26. The minimum Gasteiger partial charge on any atom is -0.860 e. The molecule has 0 spiro atoms. The first kappa shape index (κ1) is 18.2. The van der Waals surface area contributed by atoms with E-state index in [1.807, 2.05) is 32.0 Å². The van der Waals surface area contributed by atoms with Crippen molar-refractivity contribution >= 4 is 23.3 Å². The van der Waals surface area contributed by atoms with E-state index in [1.54, 1.807) is 31.3 Å². The number of nitrogens with zero attached hydrogens (tertiary/aromatic N) is 5. The van der Waals surface area contributed by atoms with Gasteiger partial charge in [-0.3, -0.25) is 4.79 Å². The quantitative estimate of drug-likeness (QED) is 0.882. The molecule has 0 aliphatic carbocycles. The van der Waals surface area contributed by atoms with E-state index >= 15 is 0 Å². The van der Waals surface area contributed by atoms with Gasteiger partial charge < -0.3 is 15.3 Å². The lowest BCUT2D eigenvalue weighted by Crippen LogP contribution is -2.37. The molecule has 1 aliphatic rings. The lowest BCUT2D eigenvalue weighted by molar-refractivity contribution is -0.270. The summed E-state index contributed by atoms with van der Waals surface area (Å²) < 4.78 is 0. The number of hydrogen-bond donors (Lipinski definition) is 1. The number of nitrogens with one attached hydrogen (secondary N) is 1. The van der Waals surface area contributed by atoms with E-state index in [1.165, 1.54) is 4.90 Å². The second-order valence-electron chi connectivity index (χ2n) is 6.31. The van der Waals surface area contributed by atoms with Crippen LogP contribution in [0.4, 0.5) is 5.69 Å². The molecule has 0 fully saturated rings. The zero-order valence-corrected chi connectivity index (χ0v) is 15.3. The van der Waals surface area contributed by atoms with E-state index < -0.39 is 0 Å². The first-order chi connectivity index (χ1) is 12.9. The van der Waals surface area contributed by atoms with Crippen molar-refractivity contribution in [2.24, 2.45) is 20.7 Å². The summed E-state index contributed by atoms with van der Waals surface area (Å²) in [6, 6.07) is 12.6. The van der Waals surface area contributed by atoms with E-state index in [9.17, 15) is 9.90 Å². The zero-order valence-electron chi connectivity index (χ0n) is 15.3. The zero-order chi connectivity index (χ0) is 19.4. The smallest absolute Gasteiger partial charge is 0.243 e.